The van der Waals surface area contributed by atoms with E-state index in [4.69, 9.17) is 18.6 Å². The summed E-state index contributed by atoms with van der Waals surface area (Å²) < 4.78 is 19.5. The molecule has 0 radical (unpaired) electrons. The van der Waals surface area contributed by atoms with Gasteiger partial charge in [-0.05, 0) is 51.7 Å². The average molecular weight is 621 g/mol. The van der Waals surface area contributed by atoms with Crippen molar-refractivity contribution in [3.63, 3.8) is 0 Å². The maximum absolute atomic E-state index is 13.5. The zero-order valence-electron chi connectivity index (χ0n) is 25.1. The molecular formula is C29H41N3O6P3+. The predicted molar refractivity (Wildman–Crippen MR) is 171 cm³/mol. The first kappa shape index (κ1) is 31.9. The summed E-state index contributed by atoms with van der Waals surface area (Å²) in [5.74, 6) is 0.0368. The van der Waals surface area contributed by atoms with Crippen molar-refractivity contribution in [2.45, 2.75) is 59.4 Å². The van der Waals surface area contributed by atoms with E-state index in [9.17, 15) is 14.7 Å². The molecule has 4 heterocycles. The highest BCUT2D eigenvalue weighted by Crippen LogP contribution is 2.70. The minimum absolute atomic E-state index is 0.107. The van der Waals surface area contributed by atoms with E-state index in [1.54, 1.807) is 17.6 Å². The van der Waals surface area contributed by atoms with Gasteiger partial charge in [-0.2, -0.15) is 4.31 Å². The van der Waals surface area contributed by atoms with E-state index in [1.165, 1.54) is 0 Å². The first-order valence-electron chi connectivity index (χ1n) is 13.9. The van der Waals surface area contributed by atoms with Crippen LogP contribution < -0.4 is 10.1 Å². The van der Waals surface area contributed by atoms with E-state index >= 15 is 0 Å². The number of carbonyl (C=O) groups excluding carboxylic acids is 1. The van der Waals surface area contributed by atoms with Crippen molar-refractivity contribution in [1.29, 1.82) is 0 Å². The standard InChI is InChI=1S/C27H35N3O6P3.C2H6/c1-7-27(33)20-12-22-24-16(13-30(22)25(31)19(20)15-34-26(27)32)11-17-18(14-29(3)4)23(10-9-21(17)28-24)35-38(5)36-39(6,37)8-2;1-2/h9-12,33H,7-8,13-15,37H2,1-6H3;1-2H3/q+1;. The fourth-order valence-electron chi connectivity index (χ4n) is 5.13. The predicted octanol–water partition coefficient (Wildman–Crippen LogP) is 5.88. The molecule has 3 aromatic rings. The van der Waals surface area contributed by atoms with Crippen LogP contribution in [0.2, 0.25) is 0 Å². The SMILES string of the molecule is CC.CCC1(O)C(=O)OCc2c1cc1n(c2=O)Cc2cc3c(CN(C)C)c(OP(C)O[P+](C)(P)CC)ccc3nc2-1. The van der Waals surface area contributed by atoms with Gasteiger partial charge in [0.15, 0.2) is 12.8 Å². The maximum Gasteiger partial charge on any atom is 0.343 e. The number of ether oxygens (including phenoxy) is 1. The number of pyridine rings is 2. The van der Waals surface area contributed by atoms with Crippen LogP contribution in [-0.4, -0.2) is 59.1 Å². The number of esters is 1. The molecule has 0 bridgehead atoms. The zero-order chi connectivity index (χ0) is 30.3. The molecule has 5 rings (SSSR count). The fraction of sp³-hybridized carbons (Fsp3) is 0.483. The Labute approximate surface area is 246 Å². The maximum atomic E-state index is 13.5. The highest BCUT2D eigenvalue weighted by molar-refractivity contribution is 8.22. The van der Waals surface area contributed by atoms with Crippen molar-refractivity contribution < 1.29 is 23.5 Å². The Balaban J connectivity index is 0.00000189. The van der Waals surface area contributed by atoms with E-state index in [1.807, 2.05) is 46.7 Å². The Hall–Kier alpha value is -1.98. The molecule has 12 heteroatoms. The molecule has 0 amide bonds. The first-order valence-corrected chi connectivity index (χ1v) is 19.5. The van der Waals surface area contributed by atoms with Gasteiger partial charge in [0.25, 0.3) is 13.9 Å². The van der Waals surface area contributed by atoms with Crippen LogP contribution in [0.4, 0.5) is 0 Å². The summed E-state index contributed by atoms with van der Waals surface area (Å²) in [7, 11) is 4.18. The summed E-state index contributed by atoms with van der Waals surface area (Å²) >= 11 is 0. The van der Waals surface area contributed by atoms with Crippen molar-refractivity contribution in [3.8, 4) is 17.1 Å². The molecule has 0 saturated carbocycles. The third-order valence-electron chi connectivity index (χ3n) is 7.39. The van der Waals surface area contributed by atoms with Gasteiger partial charge in [-0.25, -0.2) is 9.78 Å². The molecule has 0 aliphatic carbocycles. The molecule has 2 aromatic heterocycles. The van der Waals surface area contributed by atoms with Crippen LogP contribution in [0.15, 0.2) is 29.1 Å². The van der Waals surface area contributed by atoms with Crippen LogP contribution in [0.3, 0.4) is 0 Å². The number of fused-ring (bicyclic) bond motifs is 5. The molecule has 222 valence electrons. The number of hydrogen-bond donors (Lipinski definition) is 1. The quantitative estimate of drug-likeness (QED) is 0.193. The van der Waals surface area contributed by atoms with Crippen molar-refractivity contribution >= 4 is 41.4 Å². The smallest absolute Gasteiger partial charge is 0.343 e. The van der Waals surface area contributed by atoms with E-state index in [0.717, 1.165) is 33.9 Å². The molecule has 0 fully saturated rings. The lowest BCUT2D eigenvalue weighted by Gasteiger charge is -2.31. The normalized spacial score (nSPS) is 19.4. The highest BCUT2D eigenvalue weighted by atomic mass is 32.1. The number of nitrogens with zero attached hydrogens (tertiary/aromatic N) is 3. The summed E-state index contributed by atoms with van der Waals surface area (Å²) in [4.78, 5) is 33.0. The second-order valence-electron chi connectivity index (χ2n) is 10.5. The topological polar surface area (TPSA) is 103 Å². The van der Waals surface area contributed by atoms with Crippen LogP contribution >= 0.6 is 24.5 Å². The Morgan fingerprint density at radius 3 is 2.59 bits per heavy atom. The largest absolute Gasteiger partial charge is 0.458 e. The number of aromatic nitrogens is 2. The Morgan fingerprint density at radius 2 is 1.95 bits per heavy atom. The van der Waals surface area contributed by atoms with Crippen LogP contribution in [0.25, 0.3) is 22.3 Å². The van der Waals surface area contributed by atoms with Gasteiger partial charge in [0.2, 0.25) is 0 Å². The van der Waals surface area contributed by atoms with Gasteiger partial charge < -0.3 is 23.8 Å². The van der Waals surface area contributed by atoms with Crippen molar-refractivity contribution in [1.82, 2.24) is 14.5 Å². The number of rotatable bonds is 8. The average Bonchev–Trinajstić information content (AvgIpc) is 3.30. The van der Waals surface area contributed by atoms with Crippen molar-refractivity contribution in [2.75, 3.05) is 33.6 Å². The summed E-state index contributed by atoms with van der Waals surface area (Å²) in [5, 5.41) is 12.1. The second-order valence-corrected chi connectivity index (χ2v) is 18.5. The van der Waals surface area contributed by atoms with E-state index < -0.39 is 27.1 Å². The van der Waals surface area contributed by atoms with E-state index in [-0.39, 0.29) is 18.6 Å². The van der Waals surface area contributed by atoms with Gasteiger partial charge in [-0.1, -0.05) is 20.8 Å². The lowest BCUT2D eigenvalue weighted by atomic mass is 9.86. The van der Waals surface area contributed by atoms with Gasteiger partial charge in [0.05, 0.1) is 50.8 Å². The molecular weight excluding hydrogens is 579 g/mol. The number of benzene rings is 1. The Bertz CT molecular complexity index is 1540. The molecule has 0 spiro atoms. The molecule has 1 N–H and O–H groups in total. The highest BCUT2D eigenvalue weighted by Gasteiger charge is 2.45. The van der Waals surface area contributed by atoms with Crippen LogP contribution in [0.5, 0.6) is 5.75 Å². The first-order chi connectivity index (χ1) is 19.4. The van der Waals surface area contributed by atoms with Crippen LogP contribution in [0.1, 0.15) is 56.4 Å². The molecule has 41 heavy (non-hydrogen) atoms. The van der Waals surface area contributed by atoms with Gasteiger partial charge in [-0.15, -0.1) is 0 Å². The minimum atomic E-state index is -1.85. The molecule has 9 nitrogen and oxygen atoms in total. The van der Waals surface area contributed by atoms with Crippen molar-refractivity contribution in [2.24, 2.45) is 0 Å². The number of aliphatic hydroxyl groups is 1. The monoisotopic (exact) mass is 620 g/mol. The third kappa shape index (κ3) is 5.95. The molecule has 4 unspecified atom stereocenters. The van der Waals surface area contributed by atoms with Crippen molar-refractivity contribution in [3.05, 3.63) is 56.9 Å². The molecule has 1 aromatic carbocycles. The summed E-state index contributed by atoms with van der Waals surface area (Å²) in [6.07, 6.45) is 1.06. The van der Waals surface area contributed by atoms with Crippen LogP contribution in [-0.2, 0) is 39.1 Å². The minimum Gasteiger partial charge on any atom is -0.458 e. The number of hydrogen-bond acceptors (Lipinski definition) is 8. The Kier molecular flexibility index (Phi) is 9.60. The lowest BCUT2D eigenvalue weighted by Crippen LogP contribution is -2.44. The third-order valence-corrected chi connectivity index (χ3v) is 13.5. The number of cyclic esters (lactones) is 1. The second kappa shape index (κ2) is 12.3. The summed E-state index contributed by atoms with van der Waals surface area (Å²) in [6.45, 7) is 12.8. The fourth-order valence-corrected chi connectivity index (χ4v) is 9.47. The summed E-state index contributed by atoms with van der Waals surface area (Å²) in [6, 6.07) is 7.69. The Morgan fingerprint density at radius 1 is 1.24 bits per heavy atom. The van der Waals surface area contributed by atoms with Gasteiger partial charge in [-0.3, -0.25) is 4.79 Å². The van der Waals surface area contributed by atoms with Gasteiger partial charge in [0, 0.05) is 35.3 Å². The molecule has 2 aliphatic heterocycles. The lowest BCUT2D eigenvalue weighted by molar-refractivity contribution is -0.172. The van der Waals surface area contributed by atoms with E-state index in [2.05, 4.69) is 33.5 Å². The molecule has 0 saturated heterocycles. The zero-order valence-corrected chi connectivity index (χ0v) is 28.1. The van der Waals surface area contributed by atoms with Gasteiger partial charge >= 0.3 is 5.97 Å². The van der Waals surface area contributed by atoms with Gasteiger partial charge in [0.1, 0.15) is 12.4 Å². The number of carbonyl (C=O) groups is 1. The molecule has 4 atom stereocenters. The summed E-state index contributed by atoms with van der Waals surface area (Å²) in [5.41, 5.74) is 2.48. The van der Waals surface area contributed by atoms with E-state index in [0.29, 0.717) is 35.6 Å². The van der Waals surface area contributed by atoms with Crippen LogP contribution in [0, 0.1) is 0 Å². The molecule has 2 aliphatic rings.